The van der Waals surface area contributed by atoms with Crippen LogP contribution in [0.25, 0.3) is 11.3 Å². The van der Waals surface area contributed by atoms with Gasteiger partial charge in [0.25, 0.3) is 0 Å². The van der Waals surface area contributed by atoms with Gasteiger partial charge in [-0.15, -0.1) is 0 Å². The predicted octanol–water partition coefficient (Wildman–Crippen LogP) is 3.24. The minimum atomic E-state index is 0.908. The highest BCUT2D eigenvalue weighted by atomic mass is 16.3. The number of hydrogen-bond donors (Lipinski definition) is 0. The summed E-state index contributed by atoms with van der Waals surface area (Å²) in [5.74, 6) is 1.82. The van der Waals surface area contributed by atoms with Crippen molar-refractivity contribution in [3.8, 4) is 11.3 Å². The van der Waals surface area contributed by atoms with Crippen LogP contribution in [0, 0.1) is 13.8 Å². The van der Waals surface area contributed by atoms with Crippen molar-refractivity contribution in [2.45, 2.75) is 13.8 Å². The average molecular weight is 186 g/mol. The van der Waals surface area contributed by atoms with Crippen molar-refractivity contribution >= 4 is 0 Å². The monoisotopic (exact) mass is 186 g/mol. The van der Waals surface area contributed by atoms with E-state index in [0.29, 0.717) is 0 Å². The Morgan fingerprint density at radius 1 is 1.07 bits per heavy atom. The van der Waals surface area contributed by atoms with E-state index in [1.54, 1.807) is 6.20 Å². The summed E-state index contributed by atoms with van der Waals surface area (Å²) >= 11 is 0. The normalized spacial score (nSPS) is 10.1. The molecule has 2 rings (SSSR count). The standard InChI is InChI=1S/C12H12NO/c1-9-7-11(8-10(2)14-9)12-5-3-4-6-13-12/h3-8H,1-2H3/q+1. The molecule has 0 saturated carbocycles. The van der Waals surface area contributed by atoms with Crippen molar-refractivity contribution in [1.29, 1.82) is 0 Å². The third-order valence-electron chi connectivity index (χ3n) is 2.00. The molecular weight excluding hydrogens is 174 g/mol. The Hall–Kier alpha value is -1.70. The van der Waals surface area contributed by atoms with Gasteiger partial charge in [0, 0.05) is 23.9 Å². The second-order valence-electron chi connectivity index (χ2n) is 3.28. The lowest BCUT2D eigenvalue weighted by atomic mass is 10.1. The second-order valence-corrected chi connectivity index (χ2v) is 3.28. The molecule has 0 radical (unpaired) electrons. The van der Waals surface area contributed by atoms with Gasteiger partial charge in [-0.05, 0) is 12.1 Å². The van der Waals surface area contributed by atoms with Crippen LogP contribution in [0.5, 0.6) is 0 Å². The van der Waals surface area contributed by atoms with Gasteiger partial charge in [0.15, 0.2) is 0 Å². The highest BCUT2D eigenvalue weighted by Gasteiger charge is 2.09. The Balaban J connectivity index is 2.52. The lowest BCUT2D eigenvalue weighted by Crippen LogP contribution is -1.84. The molecule has 0 aromatic carbocycles. The van der Waals surface area contributed by atoms with Gasteiger partial charge >= 0.3 is 11.5 Å². The molecule has 0 bridgehead atoms. The van der Waals surface area contributed by atoms with E-state index in [-0.39, 0.29) is 0 Å². The lowest BCUT2D eigenvalue weighted by Gasteiger charge is -1.96. The molecule has 2 heterocycles. The van der Waals surface area contributed by atoms with Gasteiger partial charge < -0.3 is 0 Å². The number of pyridine rings is 1. The molecule has 0 unspecified atom stereocenters. The van der Waals surface area contributed by atoms with E-state index in [4.69, 9.17) is 4.42 Å². The Labute approximate surface area is 83.2 Å². The predicted molar refractivity (Wildman–Crippen MR) is 55.8 cm³/mol. The first-order chi connectivity index (χ1) is 6.75. The molecule has 2 nitrogen and oxygen atoms in total. The van der Waals surface area contributed by atoms with E-state index in [0.717, 1.165) is 22.8 Å². The molecule has 0 N–H and O–H groups in total. The highest BCUT2D eigenvalue weighted by Crippen LogP contribution is 2.19. The SMILES string of the molecule is Cc1cc(-c2ccccn2)cc(C)[o+]1. The first-order valence-corrected chi connectivity index (χ1v) is 4.58. The summed E-state index contributed by atoms with van der Waals surface area (Å²) in [4.78, 5) is 4.29. The molecule has 0 aliphatic carbocycles. The van der Waals surface area contributed by atoms with Crippen LogP contribution in [0.1, 0.15) is 11.5 Å². The molecule has 0 atom stereocenters. The van der Waals surface area contributed by atoms with Crippen LogP contribution in [0.15, 0.2) is 40.9 Å². The van der Waals surface area contributed by atoms with Gasteiger partial charge in [-0.2, -0.15) is 0 Å². The number of hydrogen-bond acceptors (Lipinski definition) is 1. The average Bonchev–Trinajstić information content (AvgIpc) is 2.18. The summed E-state index contributed by atoms with van der Waals surface area (Å²) in [7, 11) is 0. The maximum Gasteiger partial charge on any atom is 0.327 e. The quantitative estimate of drug-likeness (QED) is 0.638. The first kappa shape index (κ1) is 8.88. The van der Waals surface area contributed by atoms with Gasteiger partial charge in [-0.1, -0.05) is 6.07 Å². The van der Waals surface area contributed by atoms with Crippen LogP contribution < -0.4 is 0 Å². The van der Waals surface area contributed by atoms with Crippen molar-refractivity contribution in [1.82, 2.24) is 4.98 Å². The molecule has 0 saturated heterocycles. The van der Waals surface area contributed by atoms with Crippen LogP contribution >= 0.6 is 0 Å². The number of aromatic nitrogens is 1. The summed E-state index contributed by atoms with van der Waals surface area (Å²) in [5, 5.41) is 0. The molecule has 0 spiro atoms. The summed E-state index contributed by atoms with van der Waals surface area (Å²) in [5.41, 5.74) is 2.08. The zero-order chi connectivity index (χ0) is 9.97. The Morgan fingerprint density at radius 3 is 2.36 bits per heavy atom. The van der Waals surface area contributed by atoms with E-state index in [9.17, 15) is 0 Å². The van der Waals surface area contributed by atoms with E-state index in [1.165, 1.54) is 0 Å². The third-order valence-corrected chi connectivity index (χ3v) is 2.00. The zero-order valence-electron chi connectivity index (χ0n) is 8.32. The molecule has 0 fully saturated rings. The van der Waals surface area contributed by atoms with Crippen LogP contribution in [0.4, 0.5) is 0 Å². The van der Waals surface area contributed by atoms with E-state index >= 15 is 0 Å². The molecule has 2 heteroatoms. The van der Waals surface area contributed by atoms with Crippen molar-refractivity contribution < 1.29 is 4.42 Å². The summed E-state index contributed by atoms with van der Waals surface area (Å²) in [6, 6.07) is 9.88. The van der Waals surface area contributed by atoms with Crippen LogP contribution in [-0.2, 0) is 0 Å². The molecule has 2 aromatic rings. The fourth-order valence-electron chi connectivity index (χ4n) is 1.47. The van der Waals surface area contributed by atoms with E-state index in [2.05, 4.69) is 4.98 Å². The fourth-order valence-corrected chi connectivity index (χ4v) is 1.47. The minimum Gasteiger partial charge on any atom is -0.256 e. The van der Waals surface area contributed by atoms with Gasteiger partial charge in [-0.25, -0.2) is 4.42 Å². The summed E-state index contributed by atoms with van der Waals surface area (Å²) < 4.78 is 5.41. The molecule has 14 heavy (non-hydrogen) atoms. The minimum absolute atomic E-state index is 0.908. The van der Waals surface area contributed by atoms with Crippen molar-refractivity contribution in [2.24, 2.45) is 0 Å². The molecular formula is C12H12NO+. The van der Waals surface area contributed by atoms with Gasteiger partial charge in [-0.3, -0.25) is 4.98 Å². The molecule has 70 valence electrons. The molecule has 0 aliphatic rings. The number of nitrogens with zero attached hydrogens (tertiary/aromatic N) is 1. The fraction of sp³-hybridized carbons (Fsp3) is 0.167. The van der Waals surface area contributed by atoms with Gasteiger partial charge in [0.2, 0.25) is 0 Å². The maximum absolute atomic E-state index is 5.41. The Morgan fingerprint density at radius 2 is 1.79 bits per heavy atom. The lowest BCUT2D eigenvalue weighted by molar-refractivity contribution is 0.487. The smallest absolute Gasteiger partial charge is 0.256 e. The van der Waals surface area contributed by atoms with Crippen LogP contribution in [0.3, 0.4) is 0 Å². The first-order valence-electron chi connectivity index (χ1n) is 4.58. The topological polar surface area (TPSA) is 24.2 Å². The summed E-state index contributed by atoms with van der Waals surface area (Å²) in [6.07, 6.45) is 1.80. The largest absolute Gasteiger partial charge is 0.327 e. The zero-order valence-corrected chi connectivity index (χ0v) is 8.32. The molecule has 0 amide bonds. The maximum atomic E-state index is 5.41. The number of aryl methyl sites for hydroxylation is 2. The van der Waals surface area contributed by atoms with Gasteiger partial charge in [0.1, 0.15) is 0 Å². The van der Waals surface area contributed by atoms with Crippen molar-refractivity contribution in [3.05, 3.63) is 48.0 Å². The van der Waals surface area contributed by atoms with Crippen molar-refractivity contribution in [3.63, 3.8) is 0 Å². The Bertz CT molecular complexity index is 417. The summed E-state index contributed by atoms with van der Waals surface area (Å²) in [6.45, 7) is 3.89. The highest BCUT2D eigenvalue weighted by molar-refractivity contribution is 5.58. The second kappa shape index (κ2) is 3.58. The van der Waals surface area contributed by atoms with E-state index < -0.39 is 0 Å². The van der Waals surface area contributed by atoms with Crippen LogP contribution in [-0.4, -0.2) is 4.98 Å². The van der Waals surface area contributed by atoms with Crippen LogP contribution in [0.2, 0.25) is 0 Å². The van der Waals surface area contributed by atoms with Crippen molar-refractivity contribution in [2.75, 3.05) is 0 Å². The molecule has 2 aromatic heterocycles. The number of rotatable bonds is 1. The van der Waals surface area contributed by atoms with Gasteiger partial charge in [0.05, 0.1) is 19.5 Å². The Kier molecular flexibility index (Phi) is 2.27. The van der Waals surface area contributed by atoms with E-state index in [1.807, 2.05) is 44.2 Å². The molecule has 0 aliphatic heterocycles. The third kappa shape index (κ3) is 1.79.